The van der Waals surface area contributed by atoms with Crippen LogP contribution < -0.4 is 4.74 Å². The SMILES string of the molecule is C#CCCC(O)c1ccccc1OC(F)(F)F. The Morgan fingerprint density at radius 1 is 1.35 bits per heavy atom. The van der Waals surface area contributed by atoms with Gasteiger partial charge in [-0.15, -0.1) is 25.5 Å². The lowest BCUT2D eigenvalue weighted by Crippen LogP contribution is -2.18. The van der Waals surface area contributed by atoms with Crippen molar-refractivity contribution in [1.29, 1.82) is 0 Å². The minimum atomic E-state index is -4.78. The quantitative estimate of drug-likeness (QED) is 0.825. The van der Waals surface area contributed by atoms with Crippen LogP contribution in [0.15, 0.2) is 24.3 Å². The van der Waals surface area contributed by atoms with Crippen LogP contribution in [0.3, 0.4) is 0 Å². The van der Waals surface area contributed by atoms with Crippen molar-refractivity contribution >= 4 is 0 Å². The van der Waals surface area contributed by atoms with Crippen molar-refractivity contribution in [3.63, 3.8) is 0 Å². The number of para-hydroxylation sites is 1. The predicted octanol–water partition coefficient (Wildman–Crippen LogP) is 3.03. The van der Waals surface area contributed by atoms with E-state index >= 15 is 0 Å². The van der Waals surface area contributed by atoms with Crippen molar-refractivity contribution < 1.29 is 23.0 Å². The fourth-order valence-electron chi connectivity index (χ4n) is 1.35. The number of benzene rings is 1. The third-order valence-corrected chi connectivity index (χ3v) is 2.07. The second-order valence-corrected chi connectivity index (χ2v) is 3.34. The molecule has 0 bridgehead atoms. The van der Waals surface area contributed by atoms with Crippen molar-refractivity contribution in [2.75, 3.05) is 0 Å². The first kappa shape index (κ1) is 13.4. The number of rotatable bonds is 4. The van der Waals surface area contributed by atoms with E-state index in [9.17, 15) is 18.3 Å². The topological polar surface area (TPSA) is 29.5 Å². The zero-order valence-electron chi connectivity index (χ0n) is 8.87. The molecule has 0 saturated heterocycles. The molecule has 0 aromatic heterocycles. The van der Waals surface area contributed by atoms with E-state index < -0.39 is 18.2 Å². The lowest BCUT2D eigenvalue weighted by atomic mass is 10.0. The van der Waals surface area contributed by atoms with Crippen molar-refractivity contribution in [3.05, 3.63) is 29.8 Å². The van der Waals surface area contributed by atoms with Crippen LogP contribution in [0, 0.1) is 12.3 Å². The zero-order chi connectivity index (χ0) is 12.9. The van der Waals surface area contributed by atoms with Gasteiger partial charge in [0.15, 0.2) is 0 Å². The highest BCUT2D eigenvalue weighted by atomic mass is 19.4. The van der Waals surface area contributed by atoms with E-state index in [0.717, 1.165) is 6.07 Å². The molecule has 0 radical (unpaired) electrons. The average Bonchev–Trinajstić information content (AvgIpc) is 2.24. The molecule has 2 nitrogen and oxygen atoms in total. The number of aliphatic hydroxyl groups is 1. The molecule has 1 unspecified atom stereocenters. The van der Waals surface area contributed by atoms with Crippen LogP contribution in [0.5, 0.6) is 5.75 Å². The van der Waals surface area contributed by atoms with Gasteiger partial charge in [-0.05, 0) is 12.5 Å². The lowest BCUT2D eigenvalue weighted by molar-refractivity contribution is -0.275. The van der Waals surface area contributed by atoms with Gasteiger partial charge in [-0.3, -0.25) is 0 Å². The summed E-state index contributed by atoms with van der Waals surface area (Å²) >= 11 is 0. The molecule has 17 heavy (non-hydrogen) atoms. The second kappa shape index (κ2) is 5.60. The van der Waals surface area contributed by atoms with E-state index in [4.69, 9.17) is 6.42 Å². The number of terminal acetylenes is 1. The summed E-state index contributed by atoms with van der Waals surface area (Å²) in [5.41, 5.74) is 0.0834. The van der Waals surface area contributed by atoms with Gasteiger partial charge in [-0.2, -0.15) is 0 Å². The summed E-state index contributed by atoms with van der Waals surface area (Å²) in [7, 11) is 0. The molecule has 92 valence electrons. The molecule has 1 rings (SSSR count). The Morgan fingerprint density at radius 3 is 2.59 bits per heavy atom. The third kappa shape index (κ3) is 4.37. The molecule has 0 amide bonds. The van der Waals surface area contributed by atoms with Gasteiger partial charge in [-0.1, -0.05) is 18.2 Å². The Labute approximate surface area is 97.0 Å². The standard InChI is InChI=1S/C12H11F3O2/c1-2-3-7-10(16)9-6-4-5-8-11(9)17-12(13,14)15/h1,4-6,8,10,16H,3,7H2. The van der Waals surface area contributed by atoms with E-state index in [1.165, 1.54) is 18.2 Å². The van der Waals surface area contributed by atoms with Crippen LogP contribution in [0.1, 0.15) is 24.5 Å². The maximum absolute atomic E-state index is 12.1. The number of hydrogen-bond donors (Lipinski definition) is 1. The molecule has 0 heterocycles. The van der Waals surface area contributed by atoms with Gasteiger partial charge < -0.3 is 9.84 Å². The summed E-state index contributed by atoms with van der Waals surface area (Å²) in [6.07, 6.45) is -0.350. The minimum absolute atomic E-state index is 0.0834. The van der Waals surface area contributed by atoms with Crippen LogP contribution >= 0.6 is 0 Å². The fourth-order valence-corrected chi connectivity index (χ4v) is 1.35. The smallest absolute Gasteiger partial charge is 0.405 e. The lowest BCUT2D eigenvalue weighted by Gasteiger charge is -2.16. The van der Waals surface area contributed by atoms with Gasteiger partial charge in [-0.25, -0.2) is 0 Å². The van der Waals surface area contributed by atoms with Crippen LogP contribution in [-0.4, -0.2) is 11.5 Å². The summed E-state index contributed by atoms with van der Waals surface area (Å²) in [5, 5.41) is 9.69. The van der Waals surface area contributed by atoms with Crippen molar-refractivity contribution in [1.82, 2.24) is 0 Å². The van der Waals surface area contributed by atoms with Crippen LogP contribution in [-0.2, 0) is 0 Å². The van der Waals surface area contributed by atoms with E-state index in [2.05, 4.69) is 10.7 Å². The first-order chi connectivity index (χ1) is 7.94. The van der Waals surface area contributed by atoms with Gasteiger partial charge in [0, 0.05) is 12.0 Å². The van der Waals surface area contributed by atoms with Gasteiger partial charge in [0.1, 0.15) is 5.75 Å². The van der Waals surface area contributed by atoms with Crippen LogP contribution in [0.25, 0.3) is 0 Å². The highest BCUT2D eigenvalue weighted by molar-refractivity contribution is 5.35. The van der Waals surface area contributed by atoms with Crippen molar-refractivity contribution in [3.8, 4) is 18.1 Å². The summed E-state index contributed by atoms with van der Waals surface area (Å²) in [4.78, 5) is 0. The first-order valence-electron chi connectivity index (χ1n) is 4.90. The highest BCUT2D eigenvalue weighted by Gasteiger charge is 2.32. The van der Waals surface area contributed by atoms with E-state index in [0.29, 0.717) is 0 Å². The molecular weight excluding hydrogens is 233 g/mol. The number of hydrogen-bond acceptors (Lipinski definition) is 2. The third-order valence-electron chi connectivity index (χ3n) is 2.07. The Bertz CT molecular complexity index is 407. The normalized spacial score (nSPS) is 12.9. The van der Waals surface area contributed by atoms with E-state index in [-0.39, 0.29) is 18.4 Å². The molecule has 1 aromatic carbocycles. The minimum Gasteiger partial charge on any atom is -0.405 e. The van der Waals surface area contributed by atoms with Crippen LogP contribution in [0.2, 0.25) is 0 Å². The monoisotopic (exact) mass is 244 g/mol. The summed E-state index contributed by atoms with van der Waals surface area (Å²) in [5.74, 6) is 1.91. The first-order valence-corrected chi connectivity index (χ1v) is 4.90. The van der Waals surface area contributed by atoms with E-state index in [1.807, 2.05) is 0 Å². The highest BCUT2D eigenvalue weighted by Crippen LogP contribution is 2.31. The molecular formula is C12H11F3O2. The molecule has 0 saturated carbocycles. The Kier molecular flexibility index (Phi) is 4.41. The zero-order valence-corrected chi connectivity index (χ0v) is 8.87. The number of ether oxygens (including phenoxy) is 1. The van der Waals surface area contributed by atoms with Crippen molar-refractivity contribution in [2.24, 2.45) is 0 Å². The summed E-state index contributed by atoms with van der Waals surface area (Å²) in [6, 6.07) is 5.46. The fraction of sp³-hybridized carbons (Fsp3) is 0.333. The molecule has 0 aliphatic heterocycles. The summed E-state index contributed by atoms with van der Waals surface area (Å²) < 4.78 is 40.1. The van der Waals surface area contributed by atoms with E-state index in [1.54, 1.807) is 0 Å². The van der Waals surface area contributed by atoms with Gasteiger partial charge in [0.05, 0.1) is 6.10 Å². The second-order valence-electron chi connectivity index (χ2n) is 3.34. The molecule has 0 aliphatic carbocycles. The summed E-state index contributed by atoms with van der Waals surface area (Å²) in [6.45, 7) is 0. The Morgan fingerprint density at radius 2 is 2.00 bits per heavy atom. The number of aliphatic hydroxyl groups excluding tert-OH is 1. The predicted molar refractivity (Wildman–Crippen MR) is 56.2 cm³/mol. The maximum atomic E-state index is 12.1. The average molecular weight is 244 g/mol. The van der Waals surface area contributed by atoms with Gasteiger partial charge in [0.2, 0.25) is 0 Å². The molecule has 1 aromatic rings. The van der Waals surface area contributed by atoms with Gasteiger partial charge in [0.25, 0.3) is 0 Å². The molecule has 1 N–H and O–H groups in total. The number of alkyl halides is 3. The molecule has 0 fully saturated rings. The molecule has 0 aliphatic rings. The van der Waals surface area contributed by atoms with Crippen LogP contribution in [0.4, 0.5) is 13.2 Å². The Hall–Kier alpha value is -1.67. The number of halogens is 3. The molecule has 0 spiro atoms. The van der Waals surface area contributed by atoms with Gasteiger partial charge >= 0.3 is 6.36 Å². The molecule has 5 heteroatoms. The van der Waals surface area contributed by atoms with Crippen molar-refractivity contribution in [2.45, 2.75) is 25.3 Å². The Balaban J connectivity index is 2.88. The molecule has 1 atom stereocenters. The largest absolute Gasteiger partial charge is 0.573 e. The maximum Gasteiger partial charge on any atom is 0.573 e.